The fourth-order valence-electron chi connectivity index (χ4n) is 1.74. The highest BCUT2D eigenvalue weighted by Crippen LogP contribution is 2.25. The molecule has 19 heavy (non-hydrogen) atoms. The first-order chi connectivity index (χ1) is 9.01. The van der Waals surface area contributed by atoms with Crippen molar-refractivity contribution in [2.75, 3.05) is 7.11 Å². The van der Waals surface area contributed by atoms with Crippen LogP contribution in [0.25, 0.3) is 0 Å². The second-order valence-electron chi connectivity index (χ2n) is 4.17. The third-order valence-electron chi connectivity index (χ3n) is 2.76. The number of rotatable bonds is 3. The Balaban J connectivity index is 2.36. The molecule has 1 heterocycles. The molecule has 0 saturated carbocycles. The van der Waals surface area contributed by atoms with Crippen LogP contribution in [0.4, 0.5) is 0 Å². The van der Waals surface area contributed by atoms with E-state index >= 15 is 0 Å². The highest BCUT2D eigenvalue weighted by atomic mass is 79.9. The summed E-state index contributed by atoms with van der Waals surface area (Å²) >= 11 is 3.40. The quantitative estimate of drug-likeness (QED) is 0.934. The van der Waals surface area contributed by atoms with Crippen molar-refractivity contribution < 1.29 is 4.74 Å². The van der Waals surface area contributed by atoms with E-state index in [1.54, 1.807) is 20.2 Å². The Morgan fingerprint density at radius 1 is 1.37 bits per heavy atom. The average molecular weight is 325 g/mol. The summed E-state index contributed by atoms with van der Waals surface area (Å²) in [6.07, 6.45) is 1.55. The van der Waals surface area contributed by atoms with Crippen LogP contribution in [0.5, 0.6) is 5.75 Å². The van der Waals surface area contributed by atoms with Crippen LogP contribution in [0.1, 0.15) is 11.1 Å². The number of nitrogens with zero attached hydrogens (tertiary/aromatic N) is 1. The number of benzene rings is 1. The second-order valence-corrected chi connectivity index (χ2v) is 5.02. The van der Waals surface area contributed by atoms with Crippen LogP contribution >= 0.6 is 15.9 Å². The van der Waals surface area contributed by atoms with Crippen molar-refractivity contribution in [3.05, 3.63) is 60.8 Å². The molecule has 0 bridgehead atoms. The van der Waals surface area contributed by atoms with E-state index in [0.717, 1.165) is 15.8 Å². The van der Waals surface area contributed by atoms with E-state index in [0.29, 0.717) is 12.1 Å². The fourth-order valence-corrected chi connectivity index (χ4v) is 2.33. The van der Waals surface area contributed by atoms with Crippen LogP contribution in [0, 0.1) is 6.92 Å². The summed E-state index contributed by atoms with van der Waals surface area (Å²) in [7, 11) is 1.59. The number of methoxy groups -OCH3 is 1. The summed E-state index contributed by atoms with van der Waals surface area (Å²) in [5.74, 6) is 0.730. The van der Waals surface area contributed by atoms with Gasteiger partial charge in [0.2, 0.25) is 0 Å². The van der Waals surface area contributed by atoms with Crippen LogP contribution in [-0.2, 0) is 6.54 Å². The molecule has 0 fully saturated rings. The maximum atomic E-state index is 11.7. The molecule has 0 aliphatic heterocycles. The smallest absolute Gasteiger partial charge is 0.328 e. The number of aromatic amines is 1. The van der Waals surface area contributed by atoms with Gasteiger partial charge in [0.15, 0.2) is 0 Å². The first-order valence-electron chi connectivity index (χ1n) is 5.64. The number of ether oxygens (including phenoxy) is 1. The summed E-state index contributed by atoms with van der Waals surface area (Å²) in [5, 5.41) is 0. The van der Waals surface area contributed by atoms with E-state index in [1.807, 2.05) is 18.2 Å². The van der Waals surface area contributed by atoms with Gasteiger partial charge in [0.1, 0.15) is 5.75 Å². The maximum Gasteiger partial charge on any atom is 0.328 e. The largest absolute Gasteiger partial charge is 0.496 e. The van der Waals surface area contributed by atoms with Crippen LogP contribution < -0.4 is 16.0 Å². The van der Waals surface area contributed by atoms with E-state index in [1.165, 1.54) is 4.57 Å². The van der Waals surface area contributed by atoms with E-state index < -0.39 is 5.69 Å². The zero-order valence-corrected chi connectivity index (χ0v) is 12.2. The molecule has 2 rings (SSSR count). The Labute approximate surface area is 118 Å². The fraction of sp³-hybridized carbons (Fsp3) is 0.231. The summed E-state index contributed by atoms with van der Waals surface area (Å²) in [6, 6.07) is 5.57. The lowest BCUT2D eigenvalue weighted by molar-refractivity contribution is 0.412. The molecular formula is C13H13BrN2O3. The average Bonchev–Trinajstić information content (AvgIpc) is 2.36. The van der Waals surface area contributed by atoms with Crippen molar-refractivity contribution in [1.29, 1.82) is 0 Å². The van der Waals surface area contributed by atoms with Crippen LogP contribution in [0.2, 0.25) is 0 Å². The molecule has 1 aromatic heterocycles. The predicted molar refractivity (Wildman–Crippen MR) is 75.9 cm³/mol. The van der Waals surface area contributed by atoms with E-state index in [2.05, 4.69) is 20.9 Å². The topological polar surface area (TPSA) is 64.1 Å². The molecule has 0 aliphatic carbocycles. The third-order valence-corrected chi connectivity index (χ3v) is 3.38. The standard InChI is InChI=1S/C13H13BrN2O3/c1-8-6-16(13(18)15-12(8)17)7-9-3-4-11(19-2)10(14)5-9/h3-6H,7H2,1-2H3,(H,15,17,18). The molecule has 100 valence electrons. The van der Waals surface area contributed by atoms with Crippen LogP contribution in [-0.4, -0.2) is 16.7 Å². The summed E-state index contributed by atoms with van der Waals surface area (Å²) in [5.41, 5.74) is 0.674. The van der Waals surface area contributed by atoms with Gasteiger partial charge in [-0.25, -0.2) is 4.79 Å². The number of nitrogens with one attached hydrogen (secondary N) is 1. The normalized spacial score (nSPS) is 10.5. The van der Waals surface area contributed by atoms with Gasteiger partial charge in [0.05, 0.1) is 18.1 Å². The van der Waals surface area contributed by atoms with Crippen molar-refractivity contribution in [1.82, 2.24) is 9.55 Å². The first-order valence-corrected chi connectivity index (χ1v) is 6.43. The number of hydrogen-bond acceptors (Lipinski definition) is 3. The maximum absolute atomic E-state index is 11.7. The zero-order chi connectivity index (χ0) is 14.0. The first kappa shape index (κ1) is 13.6. The summed E-state index contributed by atoms with van der Waals surface area (Å²) in [6.45, 7) is 2.05. The molecule has 0 spiro atoms. The Hall–Kier alpha value is -1.82. The van der Waals surface area contributed by atoms with Gasteiger partial charge in [-0.15, -0.1) is 0 Å². The van der Waals surface area contributed by atoms with Crippen molar-refractivity contribution >= 4 is 15.9 Å². The predicted octanol–water partition coefficient (Wildman–Crippen LogP) is 1.66. The van der Waals surface area contributed by atoms with Gasteiger partial charge in [-0.1, -0.05) is 6.07 Å². The van der Waals surface area contributed by atoms with Crippen molar-refractivity contribution in [2.45, 2.75) is 13.5 Å². The molecule has 0 saturated heterocycles. The number of aryl methyl sites for hydroxylation is 1. The number of halogens is 1. The van der Waals surface area contributed by atoms with Crippen LogP contribution in [0.15, 0.2) is 38.5 Å². The highest BCUT2D eigenvalue weighted by Gasteiger charge is 2.05. The minimum atomic E-state index is -0.414. The van der Waals surface area contributed by atoms with E-state index in [-0.39, 0.29) is 5.56 Å². The van der Waals surface area contributed by atoms with Crippen molar-refractivity contribution in [3.8, 4) is 5.75 Å². The summed E-state index contributed by atoms with van der Waals surface area (Å²) < 4.78 is 7.43. The molecule has 1 aromatic carbocycles. The lowest BCUT2D eigenvalue weighted by Gasteiger charge is -2.08. The van der Waals surface area contributed by atoms with Gasteiger partial charge in [-0.3, -0.25) is 14.3 Å². The van der Waals surface area contributed by atoms with Crippen molar-refractivity contribution in [2.24, 2.45) is 0 Å². The lowest BCUT2D eigenvalue weighted by Crippen LogP contribution is -2.31. The Morgan fingerprint density at radius 2 is 2.11 bits per heavy atom. The second kappa shape index (κ2) is 5.44. The third kappa shape index (κ3) is 2.96. The molecule has 0 aliphatic rings. The van der Waals surface area contributed by atoms with E-state index in [9.17, 15) is 9.59 Å². The van der Waals surface area contributed by atoms with Gasteiger partial charge in [-0.2, -0.15) is 0 Å². The minimum Gasteiger partial charge on any atom is -0.496 e. The van der Waals surface area contributed by atoms with Gasteiger partial charge in [-0.05, 0) is 40.5 Å². The Morgan fingerprint density at radius 3 is 2.74 bits per heavy atom. The zero-order valence-electron chi connectivity index (χ0n) is 10.6. The SMILES string of the molecule is COc1ccc(Cn2cc(C)c(=O)[nH]c2=O)cc1Br. The molecule has 6 heteroatoms. The number of aromatic nitrogens is 2. The Bertz CT molecular complexity index is 719. The molecule has 5 nitrogen and oxygen atoms in total. The summed E-state index contributed by atoms with van der Waals surface area (Å²) in [4.78, 5) is 25.2. The van der Waals surface area contributed by atoms with Crippen molar-refractivity contribution in [3.63, 3.8) is 0 Å². The van der Waals surface area contributed by atoms with Gasteiger partial charge in [0.25, 0.3) is 5.56 Å². The lowest BCUT2D eigenvalue weighted by atomic mass is 10.2. The highest BCUT2D eigenvalue weighted by molar-refractivity contribution is 9.10. The van der Waals surface area contributed by atoms with Gasteiger partial charge >= 0.3 is 5.69 Å². The molecule has 0 unspecified atom stereocenters. The molecule has 0 atom stereocenters. The molecule has 2 aromatic rings. The number of H-pyrrole nitrogens is 1. The molecule has 0 amide bonds. The van der Waals surface area contributed by atoms with Gasteiger partial charge < -0.3 is 4.74 Å². The molecule has 1 N–H and O–H groups in total. The van der Waals surface area contributed by atoms with E-state index in [4.69, 9.17) is 4.74 Å². The Kier molecular flexibility index (Phi) is 3.90. The number of hydrogen-bond donors (Lipinski definition) is 1. The monoisotopic (exact) mass is 324 g/mol. The molecule has 0 radical (unpaired) electrons. The van der Waals surface area contributed by atoms with Gasteiger partial charge in [0, 0.05) is 11.8 Å². The minimum absolute atomic E-state index is 0.350. The molecular weight excluding hydrogens is 312 g/mol. The van der Waals surface area contributed by atoms with Crippen LogP contribution in [0.3, 0.4) is 0 Å².